The lowest BCUT2D eigenvalue weighted by Crippen LogP contribution is -2.24. The lowest BCUT2D eigenvalue weighted by atomic mass is 10.0. The van der Waals surface area contributed by atoms with Crippen molar-refractivity contribution >= 4 is 27.3 Å². The molecule has 0 saturated carbocycles. The third-order valence-electron chi connectivity index (χ3n) is 5.07. The molecule has 0 unspecified atom stereocenters. The minimum Gasteiger partial charge on any atom is -0.497 e. The van der Waals surface area contributed by atoms with Crippen LogP contribution in [0, 0.1) is 6.92 Å². The molecule has 0 saturated heterocycles. The van der Waals surface area contributed by atoms with Crippen molar-refractivity contribution in [3.05, 3.63) is 69.8 Å². The summed E-state index contributed by atoms with van der Waals surface area (Å²) >= 11 is 1.51. The number of nitrogens with zero attached hydrogens (tertiary/aromatic N) is 2. The normalized spacial score (nSPS) is 11.0. The van der Waals surface area contributed by atoms with E-state index < -0.39 is 0 Å². The Labute approximate surface area is 178 Å². The number of benzene rings is 2. The summed E-state index contributed by atoms with van der Waals surface area (Å²) in [5.41, 5.74) is 2.53. The number of methoxy groups -OCH3 is 1. The van der Waals surface area contributed by atoms with Gasteiger partial charge >= 0.3 is 0 Å². The first-order chi connectivity index (χ1) is 14.5. The Morgan fingerprint density at radius 1 is 1.10 bits per heavy atom. The molecule has 4 rings (SSSR count). The van der Waals surface area contributed by atoms with Gasteiger partial charge in [0.1, 0.15) is 22.2 Å². The van der Waals surface area contributed by atoms with Gasteiger partial charge in [0.2, 0.25) is 0 Å². The number of Topliss-reactive ketones (excluding diaryl/α,β-unsaturated/α-hetero) is 1. The summed E-state index contributed by atoms with van der Waals surface area (Å²) in [7, 11) is 1.63. The topological polar surface area (TPSA) is 61.2 Å². The number of hydrogen-bond acceptors (Lipinski definition) is 5. The van der Waals surface area contributed by atoms with Crippen molar-refractivity contribution in [3.8, 4) is 28.3 Å². The summed E-state index contributed by atoms with van der Waals surface area (Å²) in [6.07, 6.45) is 0.282. The fourth-order valence-electron chi connectivity index (χ4n) is 3.61. The molecule has 0 aliphatic heterocycles. The second kappa shape index (κ2) is 8.24. The van der Waals surface area contributed by atoms with Crippen LogP contribution in [0.15, 0.2) is 59.4 Å². The van der Waals surface area contributed by atoms with Crippen LogP contribution in [0.3, 0.4) is 0 Å². The Morgan fingerprint density at radius 3 is 2.53 bits per heavy atom. The van der Waals surface area contributed by atoms with E-state index in [2.05, 4.69) is 0 Å². The SMILES string of the molecule is COc1cccc(-c2c(C)sc3nc(-c4ccccc4)n(CCC(C)=O)c(=O)c23)c1. The predicted molar refractivity (Wildman–Crippen MR) is 121 cm³/mol. The number of carbonyl (C=O) groups is 1. The molecule has 0 bridgehead atoms. The van der Waals surface area contributed by atoms with Crippen molar-refractivity contribution < 1.29 is 9.53 Å². The monoisotopic (exact) mass is 418 g/mol. The zero-order valence-corrected chi connectivity index (χ0v) is 18.0. The predicted octanol–water partition coefficient (Wildman–Crippen LogP) is 5.09. The maximum absolute atomic E-state index is 13.7. The van der Waals surface area contributed by atoms with Crippen LogP contribution in [0.1, 0.15) is 18.2 Å². The van der Waals surface area contributed by atoms with Gasteiger partial charge in [0.05, 0.1) is 12.5 Å². The molecule has 0 fully saturated rings. The van der Waals surface area contributed by atoms with E-state index in [1.165, 1.54) is 18.3 Å². The summed E-state index contributed by atoms with van der Waals surface area (Å²) < 4.78 is 7.00. The van der Waals surface area contributed by atoms with Crippen molar-refractivity contribution in [3.63, 3.8) is 0 Å². The maximum atomic E-state index is 13.7. The van der Waals surface area contributed by atoms with E-state index in [1.807, 2.05) is 61.5 Å². The van der Waals surface area contributed by atoms with Crippen LogP contribution in [-0.2, 0) is 11.3 Å². The number of ketones is 1. The smallest absolute Gasteiger partial charge is 0.263 e. The standard InChI is InChI=1S/C24H22N2O3S/c1-15(27)12-13-26-22(17-8-5-4-6-9-17)25-23-21(24(26)28)20(16(2)30-23)18-10-7-11-19(14-18)29-3/h4-11,14H,12-13H2,1-3H3. The number of fused-ring (bicyclic) bond motifs is 1. The average Bonchev–Trinajstić information content (AvgIpc) is 3.09. The van der Waals surface area contributed by atoms with Crippen LogP contribution < -0.4 is 10.3 Å². The van der Waals surface area contributed by atoms with Crippen molar-refractivity contribution in [2.24, 2.45) is 0 Å². The first-order valence-electron chi connectivity index (χ1n) is 9.73. The van der Waals surface area contributed by atoms with Gasteiger partial charge in [-0.25, -0.2) is 4.98 Å². The second-order valence-electron chi connectivity index (χ2n) is 7.16. The van der Waals surface area contributed by atoms with E-state index in [1.54, 1.807) is 11.7 Å². The summed E-state index contributed by atoms with van der Waals surface area (Å²) in [4.78, 5) is 31.9. The van der Waals surface area contributed by atoms with Crippen molar-refractivity contribution in [2.45, 2.75) is 26.8 Å². The minimum atomic E-state index is -0.123. The van der Waals surface area contributed by atoms with Gasteiger partial charge in [0.15, 0.2) is 0 Å². The van der Waals surface area contributed by atoms with Gasteiger partial charge < -0.3 is 4.74 Å². The molecule has 0 N–H and O–H groups in total. The molecule has 2 aromatic carbocycles. The van der Waals surface area contributed by atoms with Crippen molar-refractivity contribution in [1.82, 2.24) is 9.55 Å². The third-order valence-corrected chi connectivity index (χ3v) is 6.06. The molecule has 0 amide bonds. The average molecular weight is 419 g/mol. The first-order valence-corrected chi connectivity index (χ1v) is 10.5. The van der Waals surface area contributed by atoms with Crippen LogP contribution in [0.4, 0.5) is 0 Å². The first kappa shape index (κ1) is 20.0. The molecule has 2 aromatic heterocycles. The second-order valence-corrected chi connectivity index (χ2v) is 8.36. The Balaban J connectivity index is 2.01. The molecule has 152 valence electrons. The number of aromatic nitrogens is 2. The van der Waals surface area contributed by atoms with Crippen LogP contribution >= 0.6 is 11.3 Å². The Hall–Kier alpha value is -3.25. The largest absolute Gasteiger partial charge is 0.497 e. The van der Waals surface area contributed by atoms with E-state index in [9.17, 15) is 9.59 Å². The van der Waals surface area contributed by atoms with E-state index in [0.717, 1.165) is 27.3 Å². The fraction of sp³-hybridized carbons (Fsp3) is 0.208. The van der Waals surface area contributed by atoms with Crippen molar-refractivity contribution in [2.75, 3.05) is 7.11 Å². The summed E-state index contributed by atoms with van der Waals surface area (Å²) in [5.74, 6) is 1.36. The maximum Gasteiger partial charge on any atom is 0.263 e. The molecule has 6 heteroatoms. The fourth-order valence-corrected chi connectivity index (χ4v) is 4.64. The molecular formula is C24H22N2O3S. The molecular weight excluding hydrogens is 396 g/mol. The molecule has 0 aliphatic carbocycles. The molecule has 30 heavy (non-hydrogen) atoms. The number of hydrogen-bond donors (Lipinski definition) is 0. The van der Waals surface area contributed by atoms with Gasteiger partial charge in [-0.3, -0.25) is 14.2 Å². The number of aryl methyl sites for hydroxylation is 1. The summed E-state index contributed by atoms with van der Waals surface area (Å²) in [6.45, 7) is 3.84. The minimum absolute atomic E-state index is 0.0375. The lowest BCUT2D eigenvalue weighted by molar-refractivity contribution is -0.117. The summed E-state index contributed by atoms with van der Waals surface area (Å²) in [6, 6.07) is 17.3. The highest BCUT2D eigenvalue weighted by atomic mass is 32.1. The molecule has 5 nitrogen and oxygen atoms in total. The third kappa shape index (κ3) is 3.66. The van der Waals surface area contributed by atoms with E-state index >= 15 is 0 Å². The number of thiophene rings is 1. The van der Waals surface area contributed by atoms with Crippen LogP contribution in [-0.4, -0.2) is 22.4 Å². The molecule has 2 heterocycles. The molecule has 0 atom stereocenters. The van der Waals surface area contributed by atoms with E-state index in [4.69, 9.17) is 9.72 Å². The molecule has 4 aromatic rings. The zero-order valence-electron chi connectivity index (χ0n) is 17.1. The van der Waals surface area contributed by atoms with Gasteiger partial charge in [-0.05, 0) is 31.5 Å². The lowest BCUT2D eigenvalue weighted by Gasteiger charge is -2.13. The quantitative estimate of drug-likeness (QED) is 0.438. The van der Waals surface area contributed by atoms with Crippen LogP contribution in [0.25, 0.3) is 32.7 Å². The number of carbonyl (C=O) groups excluding carboxylic acids is 1. The van der Waals surface area contributed by atoms with E-state index in [0.29, 0.717) is 22.6 Å². The number of rotatable bonds is 6. The number of ether oxygens (including phenoxy) is 1. The van der Waals surface area contributed by atoms with Gasteiger partial charge in [0, 0.05) is 29.0 Å². The van der Waals surface area contributed by atoms with Gasteiger partial charge in [-0.2, -0.15) is 0 Å². The highest BCUT2D eigenvalue weighted by Crippen LogP contribution is 2.37. The molecule has 0 spiro atoms. The Kier molecular flexibility index (Phi) is 5.50. The van der Waals surface area contributed by atoms with Gasteiger partial charge in [0.25, 0.3) is 5.56 Å². The molecule has 0 aliphatic rings. The van der Waals surface area contributed by atoms with Crippen LogP contribution in [0.2, 0.25) is 0 Å². The zero-order chi connectivity index (χ0) is 21.3. The Bertz CT molecular complexity index is 1290. The Morgan fingerprint density at radius 2 is 1.83 bits per heavy atom. The van der Waals surface area contributed by atoms with Crippen molar-refractivity contribution in [1.29, 1.82) is 0 Å². The summed E-state index contributed by atoms with van der Waals surface area (Å²) in [5, 5.41) is 0.592. The highest BCUT2D eigenvalue weighted by molar-refractivity contribution is 7.19. The van der Waals surface area contributed by atoms with E-state index in [-0.39, 0.29) is 17.8 Å². The van der Waals surface area contributed by atoms with Crippen LogP contribution in [0.5, 0.6) is 5.75 Å². The van der Waals surface area contributed by atoms with Gasteiger partial charge in [-0.1, -0.05) is 42.5 Å². The highest BCUT2D eigenvalue weighted by Gasteiger charge is 2.21. The molecule has 0 radical (unpaired) electrons. The van der Waals surface area contributed by atoms with Gasteiger partial charge in [-0.15, -0.1) is 11.3 Å².